The van der Waals surface area contributed by atoms with Crippen LogP contribution in [0.25, 0.3) is 0 Å². The molecule has 0 radical (unpaired) electrons. The SMILES string of the molecule is CCOc1ccc(C(C)(N)C(F)(F)F)cc1. The van der Waals surface area contributed by atoms with Crippen molar-refractivity contribution in [2.75, 3.05) is 6.61 Å². The first-order chi connectivity index (χ1) is 7.29. The van der Waals surface area contributed by atoms with E-state index in [4.69, 9.17) is 10.5 Å². The summed E-state index contributed by atoms with van der Waals surface area (Å²) in [5.41, 5.74) is 2.95. The van der Waals surface area contributed by atoms with Crippen molar-refractivity contribution in [3.63, 3.8) is 0 Å². The zero-order valence-electron chi connectivity index (χ0n) is 9.14. The predicted octanol–water partition coefficient (Wildman–Crippen LogP) is 2.82. The molecule has 0 fully saturated rings. The molecule has 0 bridgehead atoms. The fourth-order valence-electron chi connectivity index (χ4n) is 1.23. The molecule has 0 amide bonds. The van der Waals surface area contributed by atoms with E-state index in [9.17, 15) is 13.2 Å². The van der Waals surface area contributed by atoms with Gasteiger partial charge in [0.1, 0.15) is 11.3 Å². The molecule has 0 saturated carbocycles. The molecule has 1 aromatic rings. The first-order valence-corrected chi connectivity index (χ1v) is 4.88. The van der Waals surface area contributed by atoms with Gasteiger partial charge in [-0.2, -0.15) is 13.2 Å². The fraction of sp³-hybridized carbons (Fsp3) is 0.455. The Morgan fingerprint density at radius 1 is 1.19 bits per heavy atom. The van der Waals surface area contributed by atoms with E-state index < -0.39 is 11.7 Å². The normalized spacial score (nSPS) is 15.6. The van der Waals surface area contributed by atoms with Crippen molar-refractivity contribution in [1.29, 1.82) is 0 Å². The Hall–Kier alpha value is -1.23. The van der Waals surface area contributed by atoms with Gasteiger partial charge in [-0.15, -0.1) is 0 Å². The summed E-state index contributed by atoms with van der Waals surface area (Å²) in [6, 6.07) is 5.63. The average Bonchev–Trinajstić information content (AvgIpc) is 2.17. The van der Waals surface area contributed by atoms with Crippen molar-refractivity contribution >= 4 is 0 Å². The summed E-state index contributed by atoms with van der Waals surface area (Å²) in [6.45, 7) is 3.22. The van der Waals surface area contributed by atoms with Crippen molar-refractivity contribution < 1.29 is 17.9 Å². The van der Waals surface area contributed by atoms with E-state index in [0.717, 1.165) is 6.92 Å². The molecule has 5 heteroatoms. The van der Waals surface area contributed by atoms with Crippen molar-refractivity contribution in [3.05, 3.63) is 29.8 Å². The Balaban J connectivity index is 2.97. The molecule has 90 valence electrons. The van der Waals surface area contributed by atoms with Crippen LogP contribution in [-0.4, -0.2) is 12.8 Å². The van der Waals surface area contributed by atoms with Gasteiger partial charge in [0, 0.05) is 0 Å². The van der Waals surface area contributed by atoms with Crippen LogP contribution in [0, 0.1) is 0 Å². The minimum atomic E-state index is -4.47. The fourth-order valence-corrected chi connectivity index (χ4v) is 1.23. The Morgan fingerprint density at radius 2 is 1.69 bits per heavy atom. The Labute approximate surface area is 92.2 Å². The van der Waals surface area contributed by atoms with Gasteiger partial charge in [-0.25, -0.2) is 0 Å². The van der Waals surface area contributed by atoms with E-state index in [1.165, 1.54) is 24.3 Å². The number of ether oxygens (including phenoxy) is 1. The Bertz CT molecular complexity index is 343. The summed E-state index contributed by atoms with van der Waals surface area (Å²) in [5.74, 6) is 0.532. The molecule has 16 heavy (non-hydrogen) atoms. The molecule has 1 rings (SSSR count). The molecular weight excluding hydrogens is 219 g/mol. The third-order valence-corrected chi connectivity index (χ3v) is 2.35. The molecule has 0 aliphatic carbocycles. The van der Waals surface area contributed by atoms with Crippen molar-refractivity contribution in [2.45, 2.75) is 25.6 Å². The molecule has 2 N–H and O–H groups in total. The summed E-state index contributed by atoms with van der Waals surface area (Å²) in [4.78, 5) is 0. The standard InChI is InChI=1S/C11H14F3NO/c1-3-16-9-6-4-8(5-7-9)10(2,15)11(12,13)14/h4-7H,3,15H2,1-2H3. The van der Waals surface area contributed by atoms with E-state index in [2.05, 4.69) is 0 Å². The molecule has 1 aromatic carbocycles. The summed E-state index contributed by atoms with van der Waals surface area (Å²) in [5, 5.41) is 0. The lowest BCUT2D eigenvalue weighted by atomic mass is 9.92. The molecule has 0 aliphatic rings. The van der Waals surface area contributed by atoms with E-state index in [1.807, 2.05) is 0 Å². The molecular formula is C11H14F3NO. The highest BCUT2D eigenvalue weighted by atomic mass is 19.4. The number of hydrogen-bond donors (Lipinski definition) is 1. The van der Waals surface area contributed by atoms with Crippen LogP contribution in [0.2, 0.25) is 0 Å². The summed E-state index contributed by atoms with van der Waals surface area (Å²) < 4.78 is 43.0. The van der Waals surface area contributed by atoms with Gasteiger partial charge in [-0.3, -0.25) is 0 Å². The van der Waals surface area contributed by atoms with Crippen LogP contribution in [0.1, 0.15) is 19.4 Å². The summed E-state index contributed by atoms with van der Waals surface area (Å²) in [7, 11) is 0. The van der Waals surface area contributed by atoms with Crippen LogP contribution in [0.3, 0.4) is 0 Å². The maximum absolute atomic E-state index is 12.6. The highest BCUT2D eigenvalue weighted by Crippen LogP contribution is 2.36. The number of alkyl halides is 3. The van der Waals surface area contributed by atoms with E-state index >= 15 is 0 Å². The lowest BCUT2D eigenvalue weighted by molar-refractivity contribution is -0.184. The van der Waals surface area contributed by atoms with E-state index in [-0.39, 0.29) is 5.56 Å². The number of halogens is 3. The molecule has 0 aromatic heterocycles. The molecule has 1 atom stereocenters. The number of hydrogen-bond acceptors (Lipinski definition) is 2. The largest absolute Gasteiger partial charge is 0.494 e. The van der Waals surface area contributed by atoms with Crippen LogP contribution >= 0.6 is 0 Å². The van der Waals surface area contributed by atoms with Crippen molar-refractivity contribution in [1.82, 2.24) is 0 Å². The smallest absolute Gasteiger partial charge is 0.410 e. The van der Waals surface area contributed by atoms with E-state index in [1.54, 1.807) is 6.92 Å². The maximum atomic E-state index is 12.6. The molecule has 1 unspecified atom stereocenters. The van der Waals surface area contributed by atoms with E-state index in [0.29, 0.717) is 12.4 Å². The second-order valence-electron chi connectivity index (χ2n) is 3.66. The van der Waals surface area contributed by atoms with Gasteiger partial charge >= 0.3 is 6.18 Å². The van der Waals surface area contributed by atoms with Gasteiger partial charge in [-0.05, 0) is 31.5 Å². The van der Waals surface area contributed by atoms with Gasteiger partial charge < -0.3 is 10.5 Å². The van der Waals surface area contributed by atoms with Gasteiger partial charge in [0.05, 0.1) is 6.61 Å². The number of rotatable bonds is 3. The van der Waals surface area contributed by atoms with Crippen molar-refractivity contribution in [2.24, 2.45) is 5.73 Å². The van der Waals surface area contributed by atoms with Crippen molar-refractivity contribution in [3.8, 4) is 5.75 Å². The van der Waals surface area contributed by atoms with Gasteiger partial charge in [-0.1, -0.05) is 12.1 Å². The minimum absolute atomic E-state index is 0.0171. The molecule has 2 nitrogen and oxygen atoms in total. The zero-order valence-corrected chi connectivity index (χ0v) is 9.14. The molecule has 0 spiro atoms. The van der Waals surface area contributed by atoms with Gasteiger partial charge in [0.2, 0.25) is 0 Å². The Kier molecular flexibility index (Phi) is 3.48. The first-order valence-electron chi connectivity index (χ1n) is 4.88. The highest BCUT2D eigenvalue weighted by molar-refractivity contribution is 5.32. The summed E-state index contributed by atoms with van der Waals surface area (Å²) in [6.07, 6.45) is -4.47. The monoisotopic (exact) mass is 233 g/mol. The second-order valence-corrected chi connectivity index (χ2v) is 3.66. The molecule has 0 heterocycles. The lowest BCUT2D eigenvalue weighted by Gasteiger charge is -2.28. The molecule has 0 aliphatic heterocycles. The number of benzene rings is 1. The van der Waals surface area contributed by atoms with Crippen LogP contribution in [0.4, 0.5) is 13.2 Å². The van der Waals surface area contributed by atoms with Crippen LogP contribution in [-0.2, 0) is 5.54 Å². The van der Waals surface area contributed by atoms with Crippen LogP contribution in [0.5, 0.6) is 5.75 Å². The third-order valence-electron chi connectivity index (χ3n) is 2.35. The predicted molar refractivity (Wildman–Crippen MR) is 55.2 cm³/mol. The highest BCUT2D eigenvalue weighted by Gasteiger charge is 2.49. The molecule has 0 saturated heterocycles. The van der Waals surface area contributed by atoms with Gasteiger partial charge in [0.25, 0.3) is 0 Å². The Morgan fingerprint density at radius 3 is 2.06 bits per heavy atom. The number of nitrogens with two attached hydrogens (primary N) is 1. The average molecular weight is 233 g/mol. The zero-order chi connectivity index (χ0) is 12.4. The maximum Gasteiger partial charge on any atom is 0.410 e. The minimum Gasteiger partial charge on any atom is -0.494 e. The first kappa shape index (κ1) is 12.8. The van der Waals surface area contributed by atoms with Crippen LogP contribution < -0.4 is 10.5 Å². The third kappa shape index (κ3) is 2.47. The topological polar surface area (TPSA) is 35.2 Å². The quantitative estimate of drug-likeness (QED) is 0.871. The van der Waals surface area contributed by atoms with Crippen LogP contribution in [0.15, 0.2) is 24.3 Å². The summed E-state index contributed by atoms with van der Waals surface area (Å²) >= 11 is 0. The second kappa shape index (κ2) is 4.33. The van der Waals surface area contributed by atoms with Gasteiger partial charge in [0.15, 0.2) is 0 Å². The lowest BCUT2D eigenvalue weighted by Crippen LogP contribution is -2.47.